The fraction of sp³-hybridized carbons (Fsp3) is 0.211. The van der Waals surface area contributed by atoms with Crippen molar-refractivity contribution in [3.8, 4) is 23.1 Å². The predicted molar refractivity (Wildman–Crippen MR) is 97.1 cm³/mol. The van der Waals surface area contributed by atoms with Crippen molar-refractivity contribution in [2.75, 3.05) is 5.75 Å². The number of para-hydroxylation sites is 1. The molecule has 0 radical (unpaired) electrons. The first kappa shape index (κ1) is 16.3. The van der Waals surface area contributed by atoms with Crippen LogP contribution in [0.5, 0.6) is 0 Å². The summed E-state index contributed by atoms with van der Waals surface area (Å²) in [6, 6.07) is 20.6. The number of nitriles is 1. The van der Waals surface area contributed by atoms with Gasteiger partial charge in [0.05, 0.1) is 6.07 Å². The average molecular weight is 334 g/mol. The van der Waals surface area contributed by atoms with Crippen molar-refractivity contribution in [1.82, 2.24) is 14.8 Å². The second-order valence-corrected chi connectivity index (χ2v) is 6.52. The number of rotatable bonds is 6. The van der Waals surface area contributed by atoms with Gasteiger partial charge in [0.15, 0.2) is 11.0 Å². The molecule has 1 heterocycles. The molecule has 2 aromatic carbocycles. The Hall–Kier alpha value is -2.58. The Morgan fingerprint density at radius 3 is 2.67 bits per heavy atom. The number of benzene rings is 2. The highest BCUT2D eigenvalue weighted by Crippen LogP contribution is 2.28. The van der Waals surface area contributed by atoms with Crippen LogP contribution in [0.25, 0.3) is 17.1 Å². The number of aryl methyl sites for hydroxylation is 1. The Labute approximate surface area is 146 Å². The quantitative estimate of drug-likeness (QED) is 0.487. The van der Waals surface area contributed by atoms with Gasteiger partial charge in [-0.25, -0.2) is 0 Å². The van der Waals surface area contributed by atoms with Crippen LogP contribution < -0.4 is 0 Å². The Morgan fingerprint density at radius 2 is 1.92 bits per heavy atom. The maximum absolute atomic E-state index is 8.68. The van der Waals surface area contributed by atoms with Crippen molar-refractivity contribution in [2.45, 2.75) is 24.9 Å². The van der Waals surface area contributed by atoms with E-state index in [0.29, 0.717) is 6.42 Å². The fourth-order valence-corrected chi connectivity index (χ4v) is 3.35. The lowest BCUT2D eigenvalue weighted by Crippen LogP contribution is -2.00. The molecule has 0 aliphatic heterocycles. The first-order chi connectivity index (χ1) is 11.8. The number of hydrogen-bond acceptors (Lipinski definition) is 4. The molecule has 0 atom stereocenters. The Bertz CT molecular complexity index is 849. The van der Waals surface area contributed by atoms with Crippen LogP contribution in [0.1, 0.15) is 18.4 Å². The van der Waals surface area contributed by atoms with E-state index in [-0.39, 0.29) is 0 Å². The van der Waals surface area contributed by atoms with E-state index in [1.807, 2.05) is 24.3 Å². The molecular weight excluding hydrogens is 316 g/mol. The van der Waals surface area contributed by atoms with E-state index in [1.165, 1.54) is 5.56 Å². The molecule has 0 spiro atoms. The van der Waals surface area contributed by atoms with Crippen molar-refractivity contribution >= 4 is 11.8 Å². The first-order valence-electron chi connectivity index (χ1n) is 7.87. The highest BCUT2D eigenvalue weighted by Gasteiger charge is 2.15. The largest absolute Gasteiger partial charge is 0.270 e. The molecule has 0 unspecified atom stereocenters. The average Bonchev–Trinajstić information content (AvgIpc) is 3.03. The van der Waals surface area contributed by atoms with Gasteiger partial charge in [-0.05, 0) is 31.5 Å². The molecule has 1 aromatic heterocycles. The smallest absolute Gasteiger partial charge is 0.196 e. The fourth-order valence-electron chi connectivity index (χ4n) is 2.46. The van der Waals surface area contributed by atoms with Gasteiger partial charge in [-0.1, -0.05) is 53.7 Å². The molecule has 3 rings (SSSR count). The lowest BCUT2D eigenvalue weighted by molar-refractivity contribution is 0.880. The zero-order valence-electron chi connectivity index (χ0n) is 13.5. The maximum atomic E-state index is 8.68. The van der Waals surface area contributed by atoms with Crippen molar-refractivity contribution in [3.05, 3.63) is 60.2 Å². The third-order valence-electron chi connectivity index (χ3n) is 3.59. The Balaban J connectivity index is 2.00. The van der Waals surface area contributed by atoms with Crippen molar-refractivity contribution < 1.29 is 0 Å². The van der Waals surface area contributed by atoms with Gasteiger partial charge in [0.1, 0.15) is 0 Å². The zero-order chi connectivity index (χ0) is 16.8. The number of hydrogen-bond donors (Lipinski definition) is 0. The topological polar surface area (TPSA) is 54.5 Å². The Morgan fingerprint density at radius 1 is 1.08 bits per heavy atom. The molecule has 0 saturated heterocycles. The van der Waals surface area contributed by atoms with Gasteiger partial charge < -0.3 is 0 Å². The lowest BCUT2D eigenvalue weighted by atomic mass is 10.1. The number of aromatic nitrogens is 3. The predicted octanol–water partition coefficient (Wildman–Crippen LogP) is 4.64. The summed E-state index contributed by atoms with van der Waals surface area (Å²) in [6.45, 7) is 2.07. The van der Waals surface area contributed by atoms with Gasteiger partial charge in [0, 0.05) is 23.4 Å². The van der Waals surface area contributed by atoms with Gasteiger partial charge in [0.25, 0.3) is 0 Å². The summed E-state index contributed by atoms with van der Waals surface area (Å²) < 4.78 is 2.09. The molecule has 3 aromatic rings. The molecule has 24 heavy (non-hydrogen) atoms. The Kier molecular flexibility index (Phi) is 5.29. The van der Waals surface area contributed by atoms with Crippen LogP contribution in [0.2, 0.25) is 0 Å². The van der Waals surface area contributed by atoms with E-state index in [1.54, 1.807) is 11.8 Å². The molecule has 0 aliphatic carbocycles. The summed E-state index contributed by atoms with van der Waals surface area (Å²) in [4.78, 5) is 0. The van der Waals surface area contributed by atoms with Gasteiger partial charge in [-0.2, -0.15) is 5.26 Å². The molecule has 5 heteroatoms. The lowest BCUT2D eigenvalue weighted by Gasteiger charge is -2.10. The third-order valence-corrected chi connectivity index (χ3v) is 4.60. The van der Waals surface area contributed by atoms with Crippen LogP contribution in [0.15, 0.2) is 59.8 Å². The second kappa shape index (κ2) is 7.80. The van der Waals surface area contributed by atoms with Crippen molar-refractivity contribution in [2.24, 2.45) is 0 Å². The third kappa shape index (κ3) is 3.66. The zero-order valence-corrected chi connectivity index (χ0v) is 14.3. The summed E-state index contributed by atoms with van der Waals surface area (Å²) >= 11 is 1.64. The molecular formula is C19H18N4S. The molecule has 0 amide bonds. The SMILES string of the molecule is Cc1cccc(-c2nnc(SCCCC#N)n2-c2ccccc2)c1. The van der Waals surface area contributed by atoms with Gasteiger partial charge in [-0.15, -0.1) is 10.2 Å². The summed E-state index contributed by atoms with van der Waals surface area (Å²) in [5.41, 5.74) is 3.29. The highest BCUT2D eigenvalue weighted by atomic mass is 32.2. The first-order valence-corrected chi connectivity index (χ1v) is 8.86. The monoisotopic (exact) mass is 334 g/mol. The van der Waals surface area contributed by atoms with Crippen LogP contribution in [-0.2, 0) is 0 Å². The second-order valence-electron chi connectivity index (χ2n) is 5.46. The number of nitrogens with zero attached hydrogens (tertiary/aromatic N) is 4. The van der Waals surface area contributed by atoms with Gasteiger partial charge >= 0.3 is 0 Å². The van der Waals surface area contributed by atoms with Crippen LogP contribution in [0.3, 0.4) is 0 Å². The van der Waals surface area contributed by atoms with Crippen molar-refractivity contribution in [1.29, 1.82) is 5.26 Å². The number of unbranched alkanes of at least 4 members (excludes halogenated alkanes) is 1. The van der Waals surface area contributed by atoms with Crippen LogP contribution >= 0.6 is 11.8 Å². The number of thioether (sulfide) groups is 1. The summed E-state index contributed by atoms with van der Waals surface area (Å²) in [6.07, 6.45) is 1.42. The molecule has 0 bridgehead atoms. The molecule has 0 aliphatic rings. The van der Waals surface area contributed by atoms with Gasteiger partial charge in [0.2, 0.25) is 0 Å². The maximum Gasteiger partial charge on any atom is 0.196 e. The minimum absolute atomic E-state index is 0.567. The molecule has 0 saturated carbocycles. The summed E-state index contributed by atoms with van der Waals surface area (Å²) in [5, 5.41) is 18.4. The normalized spacial score (nSPS) is 10.5. The van der Waals surface area contributed by atoms with Crippen molar-refractivity contribution in [3.63, 3.8) is 0 Å². The minimum atomic E-state index is 0.567. The van der Waals surface area contributed by atoms with Gasteiger partial charge in [-0.3, -0.25) is 4.57 Å². The summed E-state index contributed by atoms with van der Waals surface area (Å²) in [5.74, 6) is 1.69. The minimum Gasteiger partial charge on any atom is -0.270 e. The highest BCUT2D eigenvalue weighted by molar-refractivity contribution is 7.99. The molecule has 4 nitrogen and oxygen atoms in total. The van der Waals surface area contributed by atoms with Crippen LogP contribution in [-0.4, -0.2) is 20.5 Å². The van der Waals surface area contributed by atoms with Crippen LogP contribution in [0.4, 0.5) is 0 Å². The molecule has 0 fully saturated rings. The van der Waals surface area contributed by atoms with E-state index in [2.05, 4.69) is 58.1 Å². The van der Waals surface area contributed by atoms with E-state index in [9.17, 15) is 0 Å². The standard InChI is InChI=1S/C19H18N4S/c1-15-8-7-9-16(14-15)18-21-22-19(24-13-6-5-12-20)23(18)17-10-3-2-4-11-17/h2-4,7-11,14H,5-6,13H2,1H3. The summed E-state index contributed by atoms with van der Waals surface area (Å²) in [7, 11) is 0. The van der Waals surface area contributed by atoms with Crippen LogP contribution in [0, 0.1) is 18.3 Å². The van der Waals surface area contributed by atoms with E-state index >= 15 is 0 Å². The van der Waals surface area contributed by atoms with E-state index < -0.39 is 0 Å². The molecule has 0 N–H and O–H groups in total. The van der Waals surface area contributed by atoms with E-state index in [4.69, 9.17) is 5.26 Å². The van der Waals surface area contributed by atoms with E-state index in [0.717, 1.165) is 34.4 Å². The molecule has 120 valence electrons.